The summed E-state index contributed by atoms with van der Waals surface area (Å²) in [5.74, 6) is 0. The lowest BCUT2D eigenvalue weighted by molar-refractivity contribution is 0.177. The molecule has 0 bridgehead atoms. The molecule has 14 heavy (non-hydrogen) atoms. The lowest BCUT2D eigenvalue weighted by Gasteiger charge is -2.14. The molecule has 2 heteroatoms. The summed E-state index contributed by atoms with van der Waals surface area (Å²) >= 11 is 0. The highest BCUT2D eigenvalue weighted by Crippen LogP contribution is 2.28. The van der Waals surface area contributed by atoms with E-state index in [9.17, 15) is 5.11 Å². The Kier molecular flexibility index (Phi) is 2.85. The van der Waals surface area contributed by atoms with E-state index in [0.717, 1.165) is 12.0 Å². The van der Waals surface area contributed by atoms with Crippen molar-refractivity contribution in [3.8, 4) is 0 Å². The number of likely N-dealkylation sites (N-methyl/N-ethyl adjacent to an activating group) is 1. The van der Waals surface area contributed by atoms with Gasteiger partial charge < -0.3 is 10.4 Å². The zero-order chi connectivity index (χ0) is 9.97. The van der Waals surface area contributed by atoms with Crippen LogP contribution in [-0.4, -0.2) is 18.7 Å². The van der Waals surface area contributed by atoms with Crippen molar-refractivity contribution < 1.29 is 5.11 Å². The summed E-state index contributed by atoms with van der Waals surface area (Å²) < 4.78 is 0. The first-order valence-electron chi connectivity index (χ1n) is 5.26. The molecule has 0 saturated carbocycles. The molecule has 1 aromatic carbocycles. The van der Waals surface area contributed by atoms with Crippen LogP contribution >= 0.6 is 0 Å². The maximum absolute atomic E-state index is 9.92. The fraction of sp³-hybridized carbons (Fsp3) is 0.500. The van der Waals surface area contributed by atoms with E-state index in [1.54, 1.807) is 0 Å². The first-order valence-corrected chi connectivity index (χ1v) is 5.26. The normalized spacial score (nSPS) is 16.7. The molecule has 1 aliphatic carbocycles. The number of benzene rings is 1. The van der Waals surface area contributed by atoms with E-state index < -0.39 is 0 Å². The Hall–Kier alpha value is -0.860. The van der Waals surface area contributed by atoms with E-state index in [0.29, 0.717) is 6.54 Å². The molecule has 0 spiro atoms. The Bertz CT molecular complexity index is 322. The van der Waals surface area contributed by atoms with Gasteiger partial charge in [-0.15, -0.1) is 0 Å². The number of rotatable bonds is 3. The molecule has 0 aromatic heterocycles. The number of fused-ring (bicyclic) bond motifs is 1. The van der Waals surface area contributed by atoms with E-state index in [4.69, 9.17) is 0 Å². The van der Waals surface area contributed by atoms with Crippen LogP contribution in [0.3, 0.4) is 0 Å². The van der Waals surface area contributed by atoms with Gasteiger partial charge in [0.2, 0.25) is 0 Å². The fourth-order valence-electron chi connectivity index (χ4n) is 2.26. The van der Waals surface area contributed by atoms with E-state index in [1.807, 2.05) is 13.1 Å². The van der Waals surface area contributed by atoms with E-state index in [2.05, 4.69) is 17.4 Å². The van der Waals surface area contributed by atoms with E-state index >= 15 is 0 Å². The quantitative estimate of drug-likeness (QED) is 0.757. The average Bonchev–Trinajstić information content (AvgIpc) is 2.65. The van der Waals surface area contributed by atoms with Gasteiger partial charge in [0.15, 0.2) is 0 Å². The first-order chi connectivity index (χ1) is 6.83. The first kappa shape index (κ1) is 9.69. The Morgan fingerprint density at radius 3 is 3.07 bits per heavy atom. The van der Waals surface area contributed by atoms with Gasteiger partial charge in [0.1, 0.15) is 0 Å². The standard InChI is InChI=1S/C12H17NO/c1-13-8-12(14)11-7-3-5-9-4-2-6-10(9)11/h3,5,7,12-14H,2,4,6,8H2,1H3. The summed E-state index contributed by atoms with van der Waals surface area (Å²) in [4.78, 5) is 0. The molecule has 1 atom stereocenters. The number of hydrogen-bond acceptors (Lipinski definition) is 2. The van der Waals surface area contributed by atoms with Crippen molar-refractivity contribution in [2.75, 3.05) is 13.6 Å². The van der Waals surface area contributed by atoms with Crippen LogP contribution in [0.25, 0.3) is 0 Å². The second-order valence-corrected chi connectivity index (χ2v) is 3.91. The van der Waals surface area contributed by atoms with Crippen LogP contribution in [0.15, 0.2) is 18.2 Å². The molecule has 0 fully saturated rings. The highest BCUT2D eigenvalue weighted by atomic mass is 16.3. The monoisotopic (exact) mass is 191 g/mol. The zero-order valence-corrected chi connectivity index (χ0v) is 8.59. The second-order valence-electron chi connectivity index (χ2n) is 3.91. The molecule has 76 valence electrons. The lowest BCUT2D eigenvalue weighted by Crippen LogP contribution is -2.17. The maximum atomic E-state index is 9.92. The van der Waals surface area contributed by atoms with Crippen LogP contribution in [0.2, 0.25) is 0 Å². The van der Waals surface area contributed by atoms with Crippen molar-refractivity contribution in [1.29, 1.82) is 0 Å². The van der Waals surface area contributed by atoms with Gasteiger partial charge in [0.05, 0.1) is 6.10 Å². The van der Waals surface area contributed by atoms with Gasteiger partial charge in [-0.25, -0.2) is 0 Å². The molecule has 0 radical (unpaired) electrons. The molecular formula is C12H17NO. The molecule has 0 heterocycles. The maximum Gasteiger partial charge on any atom is 0.0917 e. The van der Waals surface area contributed by atoms with Crippen LogP contribution in [0.4, 0.5) is 0 Å². The Balaban J connectivity index is 2.29. The predicted octanol–water partition coefficient (Wildman–Crippen LogP) is 1.43. The highest BCUT2D eigenvalue weighted by Gasteiger charge is 2.18. The molecule has 2 N–H and O–H groups in total. The lowest BCUT2D eigenvalue weighted by atomic mass is 9.99. The SMILES string of the molecule is CNCC(O)c1cccc2c1CCC2. The third kappa shape index (κ3) is 1.68. The summed E-state index contributed by atoms with van der Waals surface area (Å²) in [5, 5.41) is 12.9. The fourth-order valence-corrected chi connectivity index (χ4v) is 2.26. The second kappa shape index (κ2) is 4.11. The van der Waals surface area contributed by atoms with E-state index in [1.165, 1.54) is 24.0 Å². The van der Waals surface area contributed by atoms with E-state index in [-0.39, 0.29) is 6.10 Å². The molecule has 2 nitrogen and oxygen atoms in total. The molecule has 0 saturated heterocycles. The largest absolute Gasteiger partial charge is 0.387 e. The molecule has 1 unspecified atom stereocenters. The predicted molar refractivity (Wildman–Crippen MR) is 57.4 cm³/mol. The molecule has 1 aliphatic rings. The van der Waals surface area contributed by atoms with Crippen molar-refractivity contribution >= 4 is 0 Å². The van der Waals surface area contributed by atoms with Gasteiger partial charge in [-0.1, -0.05) is 18.2 Å². The van der Waals surface area contributed by atoms with Crippen molar-refractivity contribution in [3.63, 3.8) is 0 Å². The minimum absolute atomic E-state index is 0.354. The third-order valence-electron chi connectivity index (χ3n) is 2.94. The van der Waals surface area contributed by atoms with Crippen molar-refractivity contribution in [2.24, 2.45) is 0 Å². The molecule has 1 aromatic rings. The van der Waals surface area contributed by atoms with Crippen LogP contribution < -0.4 is 5.32 Å². The third-order valence-corrected chi connectivity index (χ3v) is 2.94. The summed E-state index contributed by atoms with van der Waals surface area (Å²) in [5.41, 5.74) is 3.93. The summed E-state index contributed by atoms with van der Waals surface area (Å²) in [6.07, 6.45) is 3.19. The highest BCUT2D eigenvalue weighted by molar-refractivity contribution is 5.39. The van der Waals surface area contributed by atoms with Crippen LogP contribution in [0.1, 0.15) is 29.2 Å². The van der Waals surface area contributed by atoms with Gasteiger partial charge in [0, 0.05) is 6.54 Å². The molecule has 0 aliphatic heterocycles. The minimum Gasteiger partial charge on any atom is -0.387 e. The summed E-state index contributed by atoms with van der Waals surface area (Å²) in [6, 6.07) is 6.28. The van der Waals surface area contributed by atoms with Gasteiger partial charge in [0.25, 0.3) is 0 Å². The van der Waals surface area contributed by atoms with Crippen LogP contribution in [0, 0.1) is 0 Å². The van der Waals surface area contributed by atoms with Gasteiger partial charge >= 0.3 is 0 Å². The summed E-state index contributed by atoms with van der Waals surface area (Å²) in [7, 11) is 1.87. The minimum atomic E-state index is -0.354. The van der Waals surface area contributed by atoms with Gasteiger partial charge in [-0.3, -0.25) is 0 Å². The average molecular weight is 191 g/mol. The topological polar surface area (TPSA) is 32.3 Å². The Morgan fingerprint density at radius 2 is 2.29 bits per heavy atom. The Morgan fingerprint density at radius 1 is 1.43 bits per heavy atom. The van der Waals surface area contributed by atoms with Gasteiger partial charge in [-0.05, 0) is 43.0 Å². The van der Waals surface area contributed by atoms with Crippen molar-refractivity contribution in [3.05, 3.63) is 34.9 Å². The number of hydrogen-bond donors (Lipinski definition) is 2. The summed E-state index contributed by atoms with van der Waals surface area (Å²) in [6.45, 7) is 0.635. The number of nitrogens with one attached hydrogen (secondary N) is 1. The molecular weight excluding hydrogens is 174 g/mol. The van der Waals surface area contributed by atoms with Crippen molar-refractivity contribution in [2.45, 2.75) is 25.4 Å². The molecule has 2 rings (SSSR count). The van der Waals surface area contributed by atoms with Crippen LogP contribution in [0.5, 0.6) is 0 Å². The Labute approximate surface area is 85.0 Å². The van der Waals surface area contributed by atoms with Crippen molar-refractivity contribution in [1.82, 2.24) is 5.32 Å². The van der Waals surface area contributed by atoms with Gasteiger partial charge in [-0.2, -0.15) is 0 Å². The van der Waals surface area contributed by atoms with Crippen LogP contribution in [-0.2, 0) is 12.8 Å². The number of aliphatic hydroxyl groups is 1. The number of aliphatic hydroxyl groups excluding tert-OH is 1. The number of aryl methyl sites for hydroxylation is 1. The smallest absolute Gasteiger partial charge is 0.0917 e. The zero-order valence-electron chi connectivity index (χ0n) is 8.59. The molecule has 0 amide bonds.